The molecule has 0 aliphatic carbocycles. The van der Waals surface area contributed by atoms with Crippen LogP contribution in [-0.4, -0.2) is 38.2 Å². The van der Waals surface area contributed by atoms with Gasteiger partial charge in [0.05, 0.1) is 6.54 Å². The van der Waals surface area contributed by atoms with E-state index < -0.39 is 0 Å². The Bertz CT molecular complexity index is 1330. The Kier molecular flexibility index (Phi) is 5.82. The van der Waals surface area contributed by atoms with Crippen LogP contribution in [0.5, 0.6) is 0 Å². The second kappa shape index (κ2) is 9.06. The predicted molar refractivity (Wildman–Crippen MR) is 130 cm³/mol. The average Bonchev–Trinajstić information content (AvgIpc) is 3.18. The molecule has 1 saturated heterocycles. The van der Waals surface area contributed by atoms with Gasteiger partial charge in [-0.1, -0.05) is 60.7 Å². The van der Waals surface area contributed by atoms with E-state index in [1.165, 1.54) is 0 Å². The molecule has 1 aliphatic rings. The number of carbonyl (C=O) groups excluding carboxylic acids is 1. The zero-order valence-corrected chi connectivity index (χ0v) is 18.9. The molecule has 0 radical (unpaired) electrons. The lowest BCUT2D eigenvalue weighted by molar-refractivity contribution is 0.0710. The summed E-state index contributed by atoms with van der Waals surface area (Å²) in [5.41, 5.74) is 1.72. The van der Waals surface area contributed by atoms with E-state index in [0.717, 1.165) is 40.6 Å². The van der Waals surface area contributed by atoms with Gasteiger partial charge in [-0.3, -0.25) is 9.36 Å². The number of hydrogen-bond acceptors (Lipinski definition) is 3. The van der Waals surface area contributed by atoms with Crippen LogP contribution in [0.4, 0.5) is 0 Å². The zero-order valence-electron chi connectivity index (χ0n) is 18.9. The van der Waals surface area contributed by atoms with E-state index >= 15 is 0 Å². The molecule has 1 fully saturated rings. The lowest BCUT2D eigenvalue weighted by atomic mass is 9.95. The van der Waals surface area contributed by atoms with Crippen LogP contribution in [0.15, 0.2) is 77.6 Å². The van der Waals surface area contributed by atoms with Crippen molar-refractivity contribution in [2.45, 2.75) is 38.8 Å². The molecule has 2 heterocycles. The summed E-state index contributed by atoms with van der Waals surface area (Å²) >= 11 is 0. The van der Waals surface area contributed by atoms with Gasteiger partial charge in [0, 0.05) is 31.1 Å². The Balaban J connectivity index is 1.30. The summed E-state index contributed by atoms with van der Waals surface area (Å²) in [6.07, 6.45) is 1.61. The van der Waals surface area contributed by atoms with Crippen molar-refractivity contribution in [2.75, 3.05) is 13.1 Å². The van der Waals surface area contributed by atoms with Crippen molar-refractivity contribution in [2.24, 2.45) is 0 Å². The third-order valence-corrected chi connectivity index (χ3v) is 6.59. The Morgan fingerprint density at radius 1 is 0.939 bits per heavy atom. The number of benzene rings is 3. The van der Waals surface area contributed by atoms with E-state index in [9.17, 15) is 9.59 Å². The topological polar surface area (TPSA) is 60.1 Å². The molecular formula is C27H28N4O2. The van der Waals surface area contributed by atoms with Crippen molar-refractivity contribution in [3.8, 4) is 0 Å². The second-order valence-corrected chi connectivity index (χ2v) is 8.66. The monoisotopic (exact) mass is 440 g/mol. The lowest BCUT2D eigenvalue weighted by Crippen LogP contribution is -2.38. The first-order valence-corrected chi connectivity index (χ1v) is 11.6. The number of rotatable bonds is 5. The maximum atomic E-state index is 13.1. The first-order chi connectivity index (χ1) is 16.1. The summed E-state index contributed by atoms with van der Waals surface area (Å²) in [5, 5.41) is 6.94. The van der Waals surface area contributed by atoms with Crippen molar-refractivity contribution >= 4 is 16.7 Å². The highest BCUT2D eigenvalue weighted by atomic mass is 16.2. The predicted octanol–water partition coefficient (Wildman–Crippen LogP) is 4.29. The minimum absolute atomic E-state index is 0.0639. The van der Waals surface area contributed by atoms with E-state index in [0.29, 0.717) is 26.2 Å². The fraction of sp³-hybridized carbons (Fsp3) is 0.296. The van der Waals surface area contributed by atoms with Crippen LogP contribution >= 0.6 is 0 Å². The van der Waals surface area contributed by atoms with Crippen LogP contribution in [0.25, 0.3) is 10.8 Å². The van der Waals surface area contributed by atoms with Crippen molar-refractivity contribution in [1.29, 1.82) is 0 Å². The van der Waals surface area contributed by atoms with E-state index in [2.05, 4.69) is 6.07 Å². The quantitative estimate of drug-likeness (QED) is 0.465. The number of nitrogens with zero attached hydrogens (tertiary/aromatic N) is 4. The Hall–Kier alpha value is -3.67. The number of likely N-dealkylation sites (tertiary alicyclic amines) is 1. The Morgan fingerprint density at radius 2 is 1.64 bits per heavy atom. The van der Waals surface area contributed by atoms with Crippen molar-refractivity contribution in [3.63, 3.8) is 0 Å². The molecule has 1 aliphatic heterocycles. The molecule has 0 unspecified atom stereocenters. The molecular weight excluding hydrogens is 412 g/mol. The molecule has 0 N–H and O–H groups in total. The normalized spacial score (nSPS) is 14.6. The highest BCUT2D eigenvalue weighted by molar-refractivity contribution is 5.98. The molecule has 168 valence electrons. The molecule has 6 heteroatoms. The van der Waals surface area contributed by atoms with Gasteiger partial charge in [-0.2, -0.15) is 5.10 Å². The first-order valence-electron chi connectivity index (χ1n) is 11.6. The van der Waals surface area contributed by atoms with E-state index in [-0.39, 0.29) is 17.5 Å². The molecule has 0 saturated carbocycles. The zero-order chi connectivity index (χ0) is 22.8. The van der Waals surface area contributed by atoms with E-state index in [1.54, 1.807) is 9.25 Å². The van der Waals surface area contributed by atoms with Gasteiger partial charge in [0.25, 0.3) is 5.91 Å². The summed E-state index contributed by atoms with van der Waals surface area (Å²) in [5.74, 6) is 1.09. The Labute approximate surface area is 193 Å². The van der Waals surface area contributed by atoms with E-state index in [1.807, 2.05) is 78.6 Å². The van der Waals surface area contributed by atoms with Crippen molar-refractivity contribution in [3.05, 3.63) is 100 Å². The third-order valence-electron chi connectivity index (χ3n) is 6.59. The molecule has 1 aromatic heterocycles. The third kappa shape index (κ3) is 4.21. The molecule has 0 atom stereocenters. The molecule has 5 rings (SSSR count). The summed E-state index contributed by atoms with van der Waals surface area (Å²) in [7, 11) is 0. The largest absolute Gasteiger partial charge is 0.346 e. The fourth-order valence-corrected chi connectivity index (χ4v) is 4.76. The van der Waals surface area contributed by atoms with Gasteiger partial charge >= 0.3 is 5.69 Å². The molecule has 0 spiro atoms. The van der Waals surface area contributed by atoms with Crippen LogP contribution < -0.4 is 5.69 Å². The minimum atomic E-state index is -0.0639. The molecule has 0 bridgehead atoms. The Morgan fingerprint density at radius 3 is 2.36 bits per heavy atom. The first kappa shape index (κ1) is 21.2. The van der Waals surface area contributed by atoms with Gasteiger partial charge in [-0.05, 0) is 48.2 Å². The van der Waals surface area contributed by atoms with Crippen LogP contribution in [0, 0.1) is 0 Å². The van der Waals surface area contributed by atoms with Crippen LogP contribution in [0.2, 0.25) is 0 Å². The van der Waals surface area contributed by atoms with Crippen LogP contribution in [0.1, 0.15) is 47.4 Å². The van der Waals surface area contributed by atoms with Gasteiger partial charge < -0.3 is 4.90 Å². The van der Waals surface area contributed by atoms with Gasteiger partial charge in [0.1, 0.15) is 5.82 Å². The summed E-state index contributed by atoms with van der Waals surface area (Å²) < 4.78 is 3.36. The summed E-state index contributed by atoms with van der Waals surface area (Å²) in [6, 6.07) is 23.9. The number of aromatic nitrogens is 3. The van der Waals surface area contributed by atoms with Gasteiger partial charge in [0.2, 0.25) is 0 Å². The molecule has 1 amide bonds. The molecule has 4 aromatic rings. The summed E-state index contributed by atoms with van der Waals surface area (Å²) in [4.78, 5) is 28.0. The highest BCUT2D eigenvalue weighted by Crippen LogP contribution is 2.27. The van der Waals surface area contributed by atoms with Gasteiger partial charge in [0.15, 0.2) is 0 Å². The smallest absolute Gasteiger partial charge is 0.339 e. The second-order valence-electron chi connectivity index (χ2n) is 8.66. The molecule has 6 nitrogen and oxygen atoms in total. The van der Waals surface area contributed by atoms with Gasteiger partial charge in [-0.25, -0.2) is 9.48 Å². The number of piperidine rings is 1. The van der Waals surface area contributed by atoms with Crippen molar-refractivity contribution in [1.82, 2.24) is 19.2 Å². The average molecular weight is 441 g/mol. The minimum Gasteiger partial charge on any atom is -0.339 e. The highest BCUT2D eigenvalue weighted by Gasteiger charge is 2.28. The number of amides is 1. The SMILES string of the molecule is CCn1c(C2CCN(C(=O)c3ccc4ccccc4c3)CC2)nn(Cc2ccccc2)c1=O. The number of hydrogen-bond donors (Lipinski definition) is 0. The lowest BCUT2D eigenvalue weighted by Gasteiger charge is -2.31. The molecule has 3 aromatic carbocycles. The standard InChI is InChI=1S/C27H28N4O2/c1-2-30-25(28-31(27(30)33)19-20-8-4-3-5-9-20)22-14-16-29(17-15-22)26(32)24-13-12-21-10-6-7-11-23(21)18-24/h3-13,18,22H,2,14-17,19H2,1H3. The van der Waals surface area contributed by atoms with Crippen LogP contribution in [0.3, 0.4) is 0 Å². The van der Waals surface area contributed by atoms with E-state index in [4.69, 9.17) is 5.10 Å². The number of fused-ring (bicyclic) bond motifs is 1. The van der Waals surface area contributed by atoms with Crippen molar-refractivity contribution < 1.29 is 4.79 Å². The molecule has 33 heavy (non-hydrogen) atoms. The number of carbonyl (C=O) groups is 1. The maximum Gasteiger partial charge on any atom is 0.346 e. The van der Waals surface area contributed by atoms with Gasteiger partial charge in [-0.15, -0.1) is 0 Å². The summed E-state index contributed by atoms with van der Waals surface area (Å²) in [6.45, 7) is 4.38. The fourth-order valence-electron chi connectivity index (χ4n) is 4.76. The maximum absolute atomic E-state index is 13.1. The van der Waals surface area contributed by atoms with Crippen LogP contribution in [-0.2, 0) is 13.1 Å².